The van der Waals surface area contributed by atoms with E-state index in [-0.39, 0.29) is 30.2 Å². The van der Waals surface area contributed by atoms with Crippen molar-refractivity contribution in [2.24, 2.45) is 17.8 Å². The van der Waals surface area contributed by atoms with Crippen LogP contribution >= 0.6 is 0 Å². The Morgan fingerprint density at radius 1 is 1.12 bits per heavy atom. The van der Waals surface area contributed by atoms with E-state index in [1.165, 1.54) is 25.7 Å². The number of hydrogen-bond acceptors (Lipinski definition) is 3. The van der Waals surface area contributed by atoms with Gasteiger partial charge >= 0.3 is 5.97 Å². The van der Waals surface area contributed by atoms with Gasteiger partial charge in [0, 0.05) is 26.1 Å². The summed E-state index contributed by atoms with van der Waals surface area (Å²) in [5.41, 5.74) is 0. The third-order valence-corrected chi connectivity index (χ3v) is 5.88. The zero-order chi connectivity index (χ0) is 18.4. The van der Waals surface area contributed by atoms with Crippen LogP contribution < -0.4 is 0 Å². The van der Waals surface area contributed by atoms with E-state index in [1.54, 1.807) is 16.8 Å². The fraction of sp³-hybridized carbons (Fsp3) is 0.842. The van der Waals surface area contributed by atoms with Crippen molar-refractivity contribution in [2.75, 3.05) is 26.7 Å². The maximum Gasteiger partial charge on any atom is 0.306 e. The number of rotatable bonds is 7. The Labute approximate surface area is 150 Å². The molecule has 0 bridgehead atoms. The highest BCUT2D eigenvalue weighted by molar-refractivity contribution is 5.86. The molecule has 2 rings (SSSR count). The lowest BCUT2D eigenvalue weighted by atomic mass is 9.90. The van der Waals surface area contributed by atoms with Crippen LogP contribution in [0.4, 0.5) is 0 Å². The molecule has 2 amide bonds. The van der Waals surface area contributed by atoms with Gasteiger partial charge in [0.2, 0.25) is 11.8 Å². The third-order valence-electron chi connectivity index (χ3n) is 5.88. The van der Waals surface area contributed by atoms with Gasteiger partial charge in [0.05, 0.1) is 12.5 Å². The minimum atomic E-state index is -0.780. The summed E-state index contributed by atoms with van der Waals surface area (Å²) < 4.78 is 0. The topological polar surface area (TPSA) is 77.9 Å². The summed E-state index contributed by atoms with van der Waals surface area (Å²) in [6, 6.07) is 0. The van der Waals surface area contributed by atoms with Crippen molar-refractivity contribution >= 4 is 17.8 Å². The van der Waals surface area contributed by atoms with Gasteiger partial charge in [0.1, 0.15) is 0 Å². The summed E-state index contributed by atoms with van der Waals surface area (Å²) in [5.74, 6) is -0.457. The van der Waals surface area contributed by atoms with E-state index in [1.807, 2.05) is 6.92 Å². The Kier molecular flexibility index (Phi) is 7.26. The van der Waals surface area contributed by atoms with Crippen molar-refractivity contribution in [3.05, 3.63) is 0 Å². The van der Waals surface area contributed by atoms with E-state index in [9.17, 15) is 14.4 Å². The first-order valence-corrected chi connectivity index (χ1v) is 9.67. The van der Waals surface area contributed by atoms with Crippen LogP contribution in [0.25, 0.3) is 0 Å². The smallest absolute Gasteiger partial charge is 0.306 e. The van der Waals surface area contributed by atoms with Crippen molar-refractivity contribution < 1.29 is 19.5 Å². The van der Waals surface area contributed by atoms with Crippen LogP contribution in [-0.4, -0.2) is 59.4 Å². The van der Waals surface area contributed by atoms with E-state index in [4.69, 9.17) is 5.11 Å². The number of likely N-dealkylation sites (N-methyl/N-ethyl adjacent to an activating group) is 1. The molecule has 1 saturated heterocycles. The summed E-state index contributed by atoms with van der Waals surface area (Å²) >= 11 is 0. The average molecular weight is 352 g/mol. The fourth-order valence-electron chi connectivity index (χ4n) is 4.16. The lowest BCUT2D eigenvalue weighted by Gasteiger charge is -2.32. The molecule has 1 unspecified atom stereocenters. The molecule has 142 valence electrons. The van der Waals surface area contributed by atoms with Crippen LogP contribution in [0.3, 0.4) is 0 Å². The number of likely N-dealkylation sites (tertiary alicyclic amines) is 1. The summed E-state index contributed by atoms with van der Waals surface area (Å²) in [5, 5.41) is 9.03. The third kappa shape index (κ3) is 5.44. The van der Waals surface area contributed by atoms with E-state index in [0.717, 1.165) is 12.8 Å². The van der Waals surface area contributed by atoms with Gasteiger partial charge in [-0.05, 0) is 31.6 Å². The maximum atomic E-state index is 12.7. The fourth-order valence-corrected chi connectivity index (χ4v) is 4.16. The van der Waals surface area contributed by atoms with Gasteiger partial charge in [0.25, 0.3) is 0 Å². The molecule has 6 heteroatoms. The average Bonchev–Trinajstić information content (AvgIpc) is 3.12. The van der Waals surface area contributed by atoms with Crippen molar-refractivity contribution in [2.45, 2.75) is 58.3 Å². The molecule has 0 aromatic carbocycles. The molecule has 0 aromatic rings. The Balaban J connectivity index is 1.80. The number of aliphatic carboxylic acids is 1. The molecule has 6 nitrogen and oxygen atoms in total. The Bertz CT molecular complexity index is 480. The molecule has 1 heterocycles. The molecule has 25 heavy (non-hydrogen) atoms. The van der Waals surface area contributed by atoms with Crippen molar-refractivity contribution in [3.8, 4) is 0 Å². The molecule has 1 aliphatic heterocycles. The Hall–Kier alpha value is -1.59. The van der Waals surface area contributed by atoms with Crippen LogP contribution in [0.1, 0.15) is 58.3 Å². The zero-order valence-corrected chi connectivity index (χ0v) is 15.6. The van der Waals surface area contributed by atoms with E-state index in [2.05, 4.69) is 0 Å². The lowest BCUT2D eigenvalue weighted by Crippen LogP contribution is -2.46. The predicted octanol–water partition coefficient (Wildman–Crippen LogP) is 2.37. The monoisotopic (exact) mass is 352 g/mol. The molecular weight excluding hydrogens is 320 g/mol. The maximum absolute atomic E-state index is 12.7. The number of piperidine rings is 1. The SMILES string of the molecule is CCC(CC1CCCC1)C(=O)N(C)CC(=O)N1CCC(C(=O)O)CC1. The minimum Gasteiger partial charge on any atom is -0.481 e. The van der Waals surface area contributed by atoms with Gasteiger partial charge in [0.15, 0.2) is 0 Å². The highest BCUT2D eigenvalue weighted by atomic mass is 16.4. The first kappa shape index (κ1) is 19.7. The zero-order valence-electron chi connectivity index (χ0n) is 15.6. The van der Waals surface area contributed by atoms with Crippen LogP contribution in [0.15, 0.2) is 0 Å². The number of carboxylic acid groups (broad SMARTS) is 1. The number of hydrogen-bond donors (Lipinski definition) is 1. The molecule has 1 aliphatic carbocycles. The molecule has 2 aliphatic rings. The second kappa shape index (κ2) is 9.20. The summed E-state index contributed by atoms with van der Waals surface area (Å²) in [6.45, 7) is 3.08. The number of nitrogens with zero attached hydrogens (tertiary/aromatic N) is 2. The minimum absolute atomic E-state index is 0.0126. The second-order valence-electron chi connectivity index (χ2n) is 7.68. The molecule has 0 aromatic heterocycles. The first-order chi connectivity index (χ1) is 11.9. The predicted molar refractivity (Wildman–Crippen MR) is 94.9 cm³/mol. The summed E-state index contributed by atoms with van der Waals surface area (Å²) in [7, 11) is 1.71. The number of amides is 2. The number of carbonyl (C=O) groups excluding carboxylic acids is 2. The highest BCUT2D eigenvalue weighted by Gasteiger charge is 2.30. The largest absolute Gasteiger partial charge is 0.481 e. The first-order valence-electron chi connectivity index (χ1n) is 9.67. The van der Waals surface area contributed by atoms with E-state index < -0.39 is 5.97 Å². The van der Waals surface area contributed by atoms with E-state index in [0.29, 0.717) is 31.8 Å². The van der Waals surface area contributed by atoms with Gasteiger partial charge in [-0.3, -0.25) is 14.4 Å². The van der Waals surface area contributed by atoms with Gasteiger partial charge in [-0.2, -0.15) is 0 Å². The van der Waals surface area contributed by atoms with Crippen molar-refractivity contribution in [3.63, 3.8) is 0 Å². The molecule has 2 fully saturated rings. The Morgan fingerprint density at radius 3 is 2.24 bits per heavy atom. The summed E-state index contributed by atoms with van der Waals surface area (Å²) in [6.07, 6.45) is 7.76. The van der Waals surface area contributed by atoms with Gasteiger partial charge in [-0.15, -0.1) is 0 Å². The normalized spacial score (nSPS) is 20.5. The Morgan fingerprint density at radius 2 is 1.72 bits per heavy atom. The molecular formula is C19H32N2O4. The van der Waals surface area contributed by atoms with E-state index >= 15 is 0 Å². The van der Waals surface area contributed by atoms with Gasteiger partial charge < -0.3 is 14.9 Å². The molecule has 1 atom stereocenters. The molecule has 0 radical (unpaired) electrons. The van der Waals surface area contributed by atoms with Crippen LogP contribution in [0.5, 0.6) is 0 Å². The highest BCUT2D eigenvalue weighted by Crippen LogP contribution is 2.31. The molecule has 1 N–H and O–H groups in total. The van der Waals surface area contributed by atoms with Crippen LogP contribution in [0.2, 0.25) is 0 Å². The summed E-state index contributed by atoms with van der Waals surface area (Å²) in [4.78, 5) is 39.4. The molecule has 1 saturated carbocycles. The van der Waals surface area contributed by atoms with Gasteiger partial charge in [-0.1, -0.05) is 32.6 Å². The van der Waals surface area contributed by atoms with Crippen LogP contribution in [0, 0.1) is 17.8 Å². The molecule has 0 spiro atoms. The van der Waals surface area contributed by atoms with Crippen LogP contribution in [-0.2, 0) is 14.4 Å². The van der Waals surface area contributed by atoms with Crippen molar-refractivity contribution in [1.82, 2.24) is 9.80 Å². The number of carbonyl (C=O) groups is 3. The standard InChI is InChI=1S/C19H32N2O4/c1-3-15(12-14-6-4-5-7-14)18(23)20(2)13-17(22)21-10-8-16(9-11-21)19(24)25/h14-16H,3-13H2,1-2H3,(H,24,25). The van der Waals surface area contributed by atoms with Gasteiger partial charge in [-0.25, -0.2) is 0 Å². The quantitative estimate of drug-likeness (QED) is 0.763. The second-order valence-corrected chi connectivity index (χ2v) is 7.68. The number of carboxylic acids is 1. The lowest BCUT2D eigenvalue weighted by molar-refractivity contribution is -0.147. The van der Waals surface area contributed by atoms with Crippen molar-refractivity contribution in [1.29, 1.82) is 0 Å².